The van der Waals surface area contributed by atoms with Gasteiger partial charge in [0.1, 0.15) is 0 Å². The van der Waals surface area contributed by atoms with Gasteiger partial charge in [-0.15, -0.1) is 0 Å². The number of halogens is 2. The molecule has 0 saturated heterocycles. The molecule has 1 aromatic heterocycles. The first-order valence-corrected chi connectivity index (χ1v) is 7.84. The number of aromatic nitrogens is 2. The van der Waals surface area contributed by atoms with Crippen LogP contribution in [0.1, 0.15) is 19.4 Å². The third-order valence-electron chi connectivity index (χ3n) is 2.69. The summed E-state index contributed by atoms with van der Waals surface area (Å²) in [4.78, 5) is 0. The molecule has 0 spiro atoms. The molecular weight excluding hydrogens is 370 g/mol. The summed E-state index contributed by atoms with van der Waals surface area (Å²) in [5.41, 5.74) is 2.31. The first-order chi connectivity index (χ1) is 9.06. The fourth-order valence-electron chi connectivity index (χ4n) is 1.78. The average molecular weight is 387 g/mol. The lowest BCUT2D eigenvalue weighted by atomic mass is 10.2. The van der Waals surface area contributed by atoms with Crippen LogP contribution < -0.4 is 5.32 Å². The average Bonchev–Trinajstić information content (AvgIpc) is 2.75. The minimum absolute atomic E-state index is 0.670. The van der Waals surface area contributed by atoms with Crippen molar-refractivity contribution in [3.8, 4) is 5.69 Å². The summed E-state index contributed by atoms with van der Waals surface area (Å²) in [7, 11) is 0. The van der Waals surface area contributed by atoms with Crippen LogP contribution in [0.3, 0.4) is 0 Å². The van der Waals surface area contributed by atoms with Crippen LogP contribution in [0, 0.1) is 5.92 Å². The Morgan fingerprint density at radius 2 is 2.11 bits per heavy atom. The Morgan fingerprint density at radius 1 is 1.32 bits per heavy atom. The van der Waals surface area contributed by atoms with Crippen molar-refractivity contribution in [3.05, 3.63) is 45.1 Å². The van der Waals surface area contributed by atoms with Gasteiger partial charge in [-0.2, -0.15) is 5.10 Å². The molecule has 0 saturated carbocycles. The largest absolute Gasteiger partial charge is 0.312 e. The molecule has 0 bridgehead atoms. The second-order valence-electron chi connectivity index (χ2n) is 4.91. The minimum Gasteiger partial charge on any atom is -0.312 e. The van der Waals surface area contributed by atoms with Gasteiger partial charge in [0, 0.05) is 17.2 Å². The summed E-state index contributed by atoms with van der Waals surface area (Å²) in [6, 6.07) is 6.34. The lowest BCUT2D eigenvalue weighted by molar-refractivity contribution is 0.552. The summed E-state index contributed by atoms with van der Waals surface area (Å²) in [6.45, 7) is 6.34. The molecule has 3 nitrogen and oxygen atoms in total. The van der Waals surface area contributed by atoms with Crippen molar-refractivity contribution in [1.29, 1.82) is 0 Å². The van der Waals surface area contributed by atoms with Crippen LogP contribution in [0.25, 0.3) is 5.69 Å². The number of nitrogens with zero attached hydrogens (tertiary/aromatic N) is 2. The van der Waals surface area contributed by atoms with E-state index in [1.807, 2.05) is 10.9 Å². The van der Waals surface area contributed by atoms with Crippen LogP contribution in [0.4, 0.5) is 0 Å². The zero-order chi connectivity index (χ0) is 13.8. The van der Waals surface area contributed by atoms with Crippen molar-refractivity contribution >= 4 is 31.9 Å². The maximum Gasteiger partial charge on any atom is 0.0788 e. The number of hydrogen-bond donors (Lipinski definition) is 1. The van der Waals surface area contributed by atoms with E-state index in [1.165, 1.54) is 5.56 Å². The van der Waals surface area contributed by atoms with Gasteiger partial charge in [-0.05, 0) is 62.0 Å². The zero-order valence-corrected chi connectivity index (χ0v) is 14.2. The minimum atomic E-state index is 0.670. The summed E-state index contributed by atoms with van der Waals surface area (Å²) in [5, 5.41) is 7.73. The third kappa shape index (κ3) is 4.16. The fourth-order valence-corrected chi connectivity index (χ4v) is 2.68. The monoisotopic (exact) mass is 385 g/mol. The van der Waals surface area contributed by atoms with Crippen molar-refractivity contribution < 1.29 is 0 Å². The summed E-state index contributed by atoms with van der Waals surface area (Å²) in [5.74, 6) is 0.670. The smallest absolute Gasteiger partial charge is 0.0788 e. The van der Waals surface area contributed by atoms with E-state index in [9.17, 15) is 0 Å². The number of nitrogens with one attached hydrogen (secondary N) is 1. The SMILES string of the molecule is CC(C)CNCc1ccc(-n2cc(Br)cn2)c(Br)c1. The summed E-state index contributed by atoms with van der Waals surface area (Å²) >= 11 is 7.02. The van der Waals surface area contributed by atoms with Crippen molar-refractivity contribution in [3.63, 3.8) is 0 Å². The second kappa shape index (κ2) is 6.68. The molecule has 1 aromatic carbocycles. The molecule has 2 aromatic rings. The molecule has 0 unspecified atom stereocenters. The van der Waals surface area contributed by atoms with Crippen molar-refractivity contribution in [2.75, 3.05) is 6.54 Å². The molecule has 0 fully saturated rings. The van der Waals surface area contributed by atoms with E-state index in [4.69, 9.17) is 0 Å². The molecular formula is C14H17Br2N3. The molecule has 0 aliphatic rings. The van der Waals surface area contributed by atoms with Crippen molar-refractivity contribution in [2.45, 2.75) is 20.4 Å². The van der Waals surface area contributed by atoms with Gasteiger partial charge in [0.05, 0.1) is 16.4 Å². The van der Waals surface area contributed by atoms with Crippen LogP contribution in [-0.2, 0) is 6.54 Å². The number of benzene rings is 1. The highest BCUT2D eigenvalue weighted by atomic mass is 79.9. The molecule has 1 heterocycles. The van der Waals surface area contributed by atoms with Crippen LogP contribution in [0.15, 0.2) is 39.5 Å². The Hall–Kier alpha value is -0.650. The quantitative estimate of drug-likeness (QED) is 0.836. The maximum absolute atomic E-state index is 4.29. The topological polar surface area (TPSA) is 29.9 Å². The van der Waals surface area contributed by atoms with Crippen LogP contribution >= 0.6 is 31.9 Å². The highest BCUT2D eigenvalue weighted by molar-refractivity contribution is 9.10. The van der Waals surface area contributed by atoms with Gasteiger partial charge in [-0.25, -0.2) is 4.68 Å². The van der Waals surface area contributed by atoms with E-state index in [1.54, 1.807) is 6.20 Å². The number of rotatable bonds is 5. The third-order valence-corrected chi connectivity index (χ3v) is 3.74. The standard InChI is InChI=1S/C14H17Br2N3/c1-10(2)6-17-7-11-3-4-14(13(16)5-11)19-9-12(15)8-18-19/h3-5,8-10,17H,6-7H2,1-2H3. The highest BCUT2D eigenvalue weighted by Crippen LogP contribution is 2.23. The Kier molecular flexibility index (Phi) is 5.19. The molecule has 0 atom stereocenters. The van der Waals surface area contributed by atoms with Crippen LogP contribution in [0.5, 0.6) is 0 Å². The Labute approximate surface area is 130 Å². The first-order valence-electron chi connectivity index (χ1n) is 6.26. The second-order valence-corrected chi connectivity index (χ2v) is 6.68. The van der Waals surface area contributed by atoms with Gasteiger partial charge in [-0.3, -0.25) is 0 Å². The predicted octanol–water partition coefficient (Wildman–Crippen LogP) is 4.14. The Bertz CT molecular complexity index is 549. The normalized spacial score (nSPS) is 11.2. The van der Waals surface area contributed by atoms with Gasteiger partial charge in [0.25, 0.3) is 0 Å². The summed E-state index contributed by atoms with van der Waals surface area (Å²) in [6.07, 6.45) is 3.72. The van der Waals surface area contributed by atoms with Crippen molar-refractivity contribution in [2.24, 2.45) is 5.92 Å². The van der Waals surface area contributed by atoms with E-state index in [0.29, 0.717) is 5.92 Å². The molecule has 0 aliphatic heterocycles. The molecule has 0 aliphatic carbocycles. The molecule has 5 heteroatoms. The maximum atomic E-state index is 4.29. The first kappa shape index (κ1) is 14.8. The molecule has 19 heavy (non-hydrogen) atoms. The van der Waals surface area contributed by atoms with Gasteiger partial charge >= 0.3 is 0 Å². The molecule has 2 rings (SSSR count). The fraction of sp³-hybridized carbons (Fsp3) is 0.357. The molecule has 0 radical (unpaired) electrons. The van der Waals surface area contributed by atoms with E-state index in [2.05, 4.69) is 74.3 Å². The van der Waals surface area contributed by atoms with Gasteiger partial charge in [0.2, 0.25) is 0 Å². The van der Waals surface area contributed by atoms with Gasteiger partial charge < -0.3 is 5.32 Å². The summed E-state index contributed by atoms with van der Waals surface area (Å²) < 4.78 is 3.87. The molecule has 0 amide bonds. The van der Waals surface area contributed by atoms with Crippen molar-refractivity contribution in [1.82, 2.24) is 15.1 Å². The lowest BCUT2D eigenvalue weighted by Gasteiger charge is -2.10. The van der Waals surface area contributed by atoms with Gasteiger partial charge in [0.15, 0.2) is 0 Å². The van der Waals surface area contributed by atoms with Gasteiger partial charge in [-0.1, -0.05) is 19.9 Å². The molecule has 102 valence electrons. The number of hydrogen-bond acceptors (Lipinski definition) is 2. The Morgan fingerprint density at radius 3 is 2.68 bits per heavy atom. The van der Waals surface area contributed by atoms with E-state index in [0.717, 1.165) is 27.7 Å². The van der Waals surface area contributed by atoms with Crippen LogP contribution in [0.2, 0.25) is 0 Å². The van der Waals surface area contributed by atoms with E-state index in [-0.39, 0.29) is 0 Å². The molecule has 1 N–H and O–H groups in total. The highest BCUT2D eigenvalue weighted by Gasteiger charge is 2.05. The van der Waals surface area contributed by atoms with E-state index < -0.39 is 0 Å². The lowest BCUT2D eigenvalue weighted by Crippen LogP contribution is -2.18. The zero-order valence-electron chi connectivity index (χ0n) is 11.0. The Balaban J connectivity index is 2.09. The predicted molar refractivity (Wildman–Crippen MR) is 85.5 cm³/mol. The van der Waals surface area contributed by atoms with E-state index >= 15 is 0 Å². The van der Waals surface area contributed by atoms with Crippen LogP contribution in [-0.4, -0.2) is 16.3 Å².